The third-order valence-electron chi connectivity index (χ3n) is 4.40. The summed E-state index contributed by atoms with van der Waals surface area (Å²) in [6.45, 7) is 2.37. The maximum Gasteiger partial charge on any atom is 0.00577 e. The molecule has 2 saturated heterocycles. The van der Waals surface area contributed by atoms with Crippen LogP contribution in [0, 0.1) is 11.3 Å². The van der Waals surface area contributed by atoms with Crippen LogP contribution >= 0.6 is 11.8 Å². The summed E-state index contributed by atoms with van der Waals surface area (Å²) in [7, 11) is 0. The van der Waals surface area contributed by atoms with Gasteiger partial charge in [-0.1, -0.05) is 13.3 Å². The van der Waals surface area contributed by atoms with Crippen LogP contribution in [0.5, 0.6) is 0 Å². The van der Waals surface area contributed by atoms with E-state index in [2.05, 4.69) is 18.7 Å². The first kappa shape index (κ1) is 8.64. The van der Waals surface area contributed by atoms with Gasteiger partial charge in [0.05, 0.1) is 0 Å². The molecule has 0 nitrogen and oxygen atoms in total. The molecule has 4 aliphatic rings. The van der Waals surface area contributed by atoms with Gasteiger partial charge >= 0.3 is 0 Å². The van der Waals surface area contributed by atoms with Gasteiger partial charge in [0.15, 0.2) is 0 Å². The Labute approximate surface area is 85.9 Å². The molecule has 2 atom stereocenters. The maximum atomic E-state index is 2.37. The third kappa shape index (κ3) is 1.35. The zero-order valence-electron chi connectivity index (χ0n) is 8.59. The van der Waals surface area contributed by atoms with Crippen molar-refractivity contribution in [1.29, 1.82) is 0 Å². The Morgan fingerprint density at radius 1 is 1.15 bits per heavy atom. The summed E-state index contributed by atoms with van der Waals surface area (Å²) in [5.74, 6) is 1.13. The smallest absolute Gasteiger partial charge is 0.00577 e. The van der Waals surface area contributed by atoms with E-state index < -0.39 is 0 Å². The summed E-state index contributed by atoms with van der Waals surface area (Å²) < 4.78 is 0. The molecular weight excluding hydrogens is 176 g/mol. The fourth-order valence-electron chi connectivity index (χ4n) is 4.32. The Kier molecular flexibility index (Phi) is 1.94. The van der Waals surface area contributed by atoms with Crippen LogP contribution in [0.2, 0.25) is 0 Å². The lowest BCUT2D eigenvalue weighted by Crippen LogP contribution is -2.47. The average molecular weight is 196 g/mol. The molecule has 0 aromatic carbocycles. The lowest BCUT2D eigenvalue weighted by atomic mass is 9.59. The van der Waals surface area contributed by atoms with E-state index in [-0.39, 0.29) is 0 Å². The molecular formula is C12H20S. The zero-order valence-corrected chi connectivity index (χ0v) is 9.41. The lowest BCUT2D eigenvalue weighted by Gasteiger charge is -2.56. The minimum absolute atomic E-state index is 0.830. The quantitative estimate of drug-likeness (QED) is 0.646. The van der Waals surface area contributed by atoms with Crippen LogP contribution in [0.1, 0.15) is 51.9 Å². The van der Waals surface area contributed by atoms with Gasteiger partial charge in [-0.15, -0.1) is 0 Å². The Balaban J connectivity index is 1.83. The molecule has 0 N–H and O–H groups in total. The second-order valence-electron chi connectivity index (χ2n) is 5.58. The summed E-state index contributed by atoms with van der Waals surface area (Å²) in [5.41, 5.74) is 0.830. The van der Waals surface area contributed by atoms with Crippen molar-refractivity contribution in [2.45, 2.75) is 62.4 Å². The summed E-state index contributed by atoms with van der Waals surface area (Å²) in [4.78, 5) is 0. The highest BCUT2D eigenvalue weighted by atomic mass is 32.2. The molecule has 2 aliphatic heterocycles. The molecule has 0 aromatic heterocycles. The number of thioether (sulfide) groups is 1. The van der Waals surface area contributed by atoms with Crippen LogP contribution in [0.15, 0.2) is 0 Å². The van der Waals surface area contributed by atoms with Gasteiger partial charge in [-0.25, -0.2) is 0 Å². The first-order valence-electron chi connectivity index (χ1n) is 5.95. The van der Waals surface area contributed by atoms with Crippen molar-refractivity contribution in [2.24, 2.45) is 11.3 Å². The van der Waals surface area contributed by atoms with Crippen molar-refractivity contribution in [2.75, 3.05) is 0 Å². The van der Waals surface area contributed by atoms with Crippen molar-refractivity contribution in [3.63, 3.8) is 0 Å². The SMILES string of the molecule is CCCC12CC3CC(C1)SC(C3)C2. The van der Waals surface area contributed by atoms with Crippen molar-refractivity contribution in [3.8, 4) is 0 Å². The van der Waals surface area contributed by atoms with Crippen molar-refractivity contribution in [3.05, 3.63) is 0 Å². The van der Waals surface area contributed by atoms with E-state index in [1.165, 1.54) is 12.8 Å². The van der Waals surface area contributed by atoms with Gasteiger partial charge in [0.25, 0.3) is 0 Å². The Morgan fingerprint density at radius 2 is 1.85 bits per heavy atom. The lowest BCUT2D eigenvalue weighted by molar-refractivity contribution is 0.0640. The van der Waals surface area contributed by atoms with E-state index in [9.17, 15) is 0 Å². The van der Waals surface area contributed by atoms with E-state index in [0.29, 0.717) is 0 Å². The number of rotatable bonds is 2. The topological polar surface area (TPSA) is 0 Å². The number of hydrogen-bond donors (Lipinski definition) is 0. The molecule has 2 aliphatic carbocycles. The van der Waals surface area contributed by atoms with Gasteiger partial charge in [-0.3, -0.25) is 0 Å². The van der Waals surface area contributed by atoms with E-state index in [4.69, 9.17) is 0 Å². The van der Waals surface area contributed by atoms with Crippen LogP contribution in [0.3, 0.4) is 0 Å². The molecule has 4 rings (SSSR count). The summed E-state index contributed by atoms with van der Waals surface area (Å²) in [6, 6.07) is 0. The highest BCUT2D eigenvalue weighted by molar-refractivity contribution is 8.00. The highest BCUT2D eigenvalue weighted by Crippen LogP contribution is 2.61. The molecule has 0 amide bonds. The Morgan fingerprint density at radius 3 is 2.38 bits per heavy atom. The second kappa shape index (κ2) is 2.92. The molecule has 13 heavy (non-hydrogen) atoms. The molecule has 2 heterocycles. The minimum Gasteiger partial charge on any atom is -0.155 e. The van der Waals surface area contributed by atoms with Crippen LogP contribution in [-0.4, -0.2) is 10.5 Å². The van der Waals surface area contributed by atoms with Crippen LogP contribution in [-0.2, 0) is 0 Å². The normalized spacial score (nSPS) is 52.8. The minimum atomic E-state index is 0.830. The van der Waals surface area contributed by atoms with Gasteiger partial charge in [-0.2, -0.15) is 11.8 Å². The first-order valence-corrected chi connectivity index (χ1v) is 6.89. The molecule has 2 unspecified atom stereocenters. The van der Waals surface area contributed by atoms with Crippen molar-refractivity contribution < 1.29 is 0 Å². The predicted octanol–water partition coefficient (Wildman–Crippen LogP) is 3.85. The Hall–Kier alpha value is 0.350. The van der Waals surface area contributed by atoms with E-state index in [0.717, 1.165) is 21.8 Å². The predicted molar refractivity (Wildman–Crippen MR) is 59.1 cm³/mol. The molecule has 1 heteroatoms. The second-order valence-corrected chi connectivity index (χ2v) is 7.19. The molecule has 74 valence electrons. The van der Waals surface area contributed by atoms with Crippen molar-refractivity contribution in [1.82, 2.24) is 0 Å². The fourth-order valence-corrected chi connectivity index (χ4v) is 6.53. The molecule has 0 aromatic rings. The van der Waals surface area contributed by atoms with Gasteiger partial charge < -0.3 is 0 Å². The van der Waals surface area contributed by atoms with E-state index >= 15 is 0 Å². The zero-order chi connectivity index (χ0) is 8.89. The number of hydrogen-bond acceptors (Lipinski definition) is 1. The maximum absolute atomic E-state index is 2.37. The van der Waals surface area contributed by atoms with E-state index in [1.54, 1.807) is 32.1 Å². The standard InChI is InChI=1S/C12H20S/c1-2-3-12-6-9-4-10(7-12)13-11(5-9)8-12/h9-11H,2-8H2,1H3. The van der Waals surface area contributed by atoms with Gasteiger partial charge in [0.1, 0.15) is 0 Å². The van der Waals surface area contributed by atoms with Gasteiger partial charge in [0, 0.05) is 10.5 Å². The molecule has 0 spiro atoms. The van der Waals surface area contributed by atoms with Gasteiger partial charge in [-0.05, 0) is 49.9 Å². The third-order valence-corrected chi connectivity index (χ3v) is 5.89. The van der Waals surface area contributed by atoms with Crippen LogP contribution < -0.4 is 0 Å². The highest BCUT2D eigenvalue weighted by Gasteiger charge is 2.50. The summed E-state index contributed by atoms with van der Waals surface area (Å²) in [6.07, 6.45) is 10.8. The first-order chi connectivity index (χ1) is 6.30. The van der Waals surface area contributed by atoms with E-state index in [1.807, 2.05) is 0 Å². The molecule has 0 radical (unpaired) electrons. The summed E-state index contributed by atoms with van der Waals surface area (Å²) >= 11 is 2.33. The monoisotopic (exact) mass is 196 g/mol. The summed E-state index contributed by atoms with van der Waals surface area (Å²) in [5, 5.41) is 2.13. The molecule has 4 bridgehead atoms. The van der Waals surface area contributed by atoms with Crippen LogP contribution in [0.25, 0.3) is 0 Å². The largest absolute Gasteiger partial charge is 0.155 e. The molecule has 2 saturated carbocycles. The molecule has 4 fully saturated rings. The Bertz CT molecular complexity index is 174. The average Bonchev–Trinajstić information content (AvgIpc) is 2.00. The van der Waals surface area contributed by atoms with Gasteiger partial charge in [0.2, 0.25) is 0 Å². The van der Waals surface area contributed by atoms with Crippen molar-refractivity contribution >= 4 is 11.8 Å². The van der Waals surface area contributed by atoms with Crippen LogP contribution in [0.4, 0.5) is 0 Å². The fraction of sp³-hybridized carbons (Fsp3) is 1.00.